The molecule has 0 unspecified atom stereocenters. The second kappa shape index (κ2) is 4.99. The van der Waals surface area contributed by atoms with E-state index in [1.54, 1.807) is 14.4 Å². The molecule has 0 nitrogen and oxygen atoms in total. The van der Waals surface area contributed by atoms with Crippen molar-refractivity contribution in [2.75, 3.05) is 8.86 Å². The van der Waals surface area contributed by atoms with Crippen LogP contribution >= 0.6 is 19.8 Å². The first kappa shape index (κ1) is 9.50. The normalized spacial score (nSPS) is 20.2. The van der Waals surface area contributed by atoms with Crippen LogP contribution in [-0.2, 0) is 4.43 Å². The van der Waals surface area contributed by atoms with Crippen molar-refractivity contribution in [3.63, 3.8) is 0 Å². The Balaban J connectivity index is 1.90. The standard InChI is InChI=1S/C12H17I/c1-3-7-12(8-4-1)11-13-9-5-2-6-10-13/h1,3-4,7-8H,2,5-6,9-11H2. The molecule has 0 atom stereocenters. The van der Waals surface area contributed by atoms with Crippen molar-refractivity contribution in [3.8, 4) is 0 Å². The average molecular weight is 288 g/mol. The monoisotopic (exact) mass is 288 g/mol. The molecule has 0 saturated carbocycles. The van der Waals surface area contributed by atoms with Crippen LogP contribution in [0.15, 0.2) is 30.3 Å². The van der Waals surface area contributed by atoms with Gasteiger partial charge in [-0.25, -0.2) is 0 Å². The van der Waals surface area contributed by atoms with Crippen molar-refractivity contribution in [1.82, 2.24) is 0 Å². The van der Waals surface area contributed by atoms with E-state index in [2.05, 4.69) is 30.3 Å². The van der Waals surface area contributed by atoms with E-state index in [1.165, 1.54) is 23.7 Å². The van der Waals surface area contributed by atoms with E-state index < -0.39 is 19.8 Å². The summed E-state index contributed by atoms with van der Waals surface area (Å²) in [7, 11) is 0. The van der Waals surface area contributed by atoms with E-state index in [9.17, 15) is 0 Å². The summed E-state index contributed by atoms with van der Waals surface area (Å²) in [5.74, 6) is 0. The molecule has 1 aromatic carbocycles. The number of rotatable bonds is 2. The van der Waals surface area contributed by atoms with Crippen LogP contribution in [-0.4, -0.2) is 8.86 Å². The van der Waals surface area contributed by atoms with Gasteiger partial charge in [-0.2, -0.15) is 0 Å². The van der Waals surface area contributed by atoms with Crippen LogP contribution in [0.4, 0.5) is 0 Å². The maximum atomic E-state index is 2.30. The number of benzene rings is 1. The Morgan fingerprint density at radius 3 is 2.31 bits per heavy atom. The summed E-state index contributed by atoms with van der Waals surface area (Å²) < 4.78 is 4.68. The Morgan fingerprint density at radius 1 is 0.923 bits per heavy atom. The van der Waals surface area contributed by atoms with Crippen LogP contribution in [0.3, 0.4) is 0 Å². The van der Waals surface area contributed by atoms with Gasteiger partial charge in [-0.1, -0.05) is 0 Å². The third-order valence-electron chi connectivity index (χ3n) is 2.49. The molecule has 0 spiro atoms. The van der Waals surface area contributed by atoms with Crippen molar-refractivity contribution in [3.05, 3.63) is 35.9 Å². The molecule has 0 aromatic heterocycles. The molecule has 1 aliphatic rings. The van der Waals surface area contributed by atoms with Gasteiger partial charge in [-0.3, -0.25) is 0 Å². The van der Waals surface area contributed by atoms with Gasteiger partial charge in [0.15, 0.2) is 0 Å². The molecular weight excluding hydrogens is 271 g/mol. The van der Waals surface area contributed by atoms with Gasteiger partial charge in [0, 0.05) is 0 Å². The molecule has 1 heterocycles. The van der Waals surface area contributed by atoms with Gasteiger partial charge in [0.2, 0.25) is 0 Å². The molecular formula is C12H17I. The Kier molecular flexibility index (Phi) is 3.65. The molecule has 0 radical (unpaired) electrons. The van der Waals surface area contributed by atoms with Crippen LogP contribution < -0.4 is 0 Å². The van der Waals surface area contributed by atoms with Crippen molar-refractivity contribution < 1.29 is 0 Å². The van der Waals surface area contributed by atoms with Crippen LogP contribution in [0.5, 0.6) is 0 Å². The molecule has 0 N–H and O–H groups in total. The van der Waals surface area contributed by atoms with Gasteiger partial charge < -0.3 is 0 Å². The Hall–Kier alpha value is -0.0500. The first-order valence-electron chi connectivity index (χ1n) is 5.07. The molecule has 0 amide bonds. The third-order valence-corrected chi connectivity index (χ3v) is 9.02. The molecule has 72 valence electrons. The Labute approximate surface area is 88.1 Å². The zero-order chi connectivity index (χ0) is 8.93. The molecule has 0 bridgehead atoms. The predicted molar refractivity (Wildman–Crippen MR) is 67.8 cm³/mol. The maximum absolute atomic E-state index is 2.30. The molecule has 1 fully saturated rings. The molecule has 1 heteroatoms. The summed E-state index contributed by atoms with van der Waals surface area (Å²) in [4.78, 5) is 0. The summed E-state index contributed by atoms with van der Waals surface area (Å²) >= 11 is -0.522. The van der Waals surface area contributed by atoms with Crippen LogP contribution in [0.2, 0.25) is 0 Å². The molecule has 0 aliphatic carbocycles. The van der Waals surface area contributed by atoms with Crippen LogP contribution in [0, 0.1) is 0 Å². The zero-order valence-corrected chi connectivity index (χ0v) is 10.2. The van der Waals surface area contributed by atoms with E-state index in [1.807, 2.05) is 0 Å². The fourth-order valence-corrected chi connectivity index (χ4v) is 8.05. The van der Waals surface area contributed by atoms with E-state index in [0.29, 0.717) is 0 Å². The fraction of sp³-hybridized carbons (Fsp3) is 0.500. The van der Waals surface area contributed by atoms with Gasteiger partial charge in [0.25, 0.3) is 0 Å². The zero-order valence-electron chi connectivity index (χ0n) is 8.01. The first-order valence-corrected chi connectivity index (χ1v) is 9.64. The Morgan fingerprint density at radius 2 is 1.62 bits per heavy atom. The van der Waals surface area contributed by atoms with Gasteiger partial charge in [-0.15, -0.1) is 0 Å². The molecule has 1 saturated heterocycles. The quantitative estimate of drug-likeness (QED) is 0.572. The second-order valence-electron chi connectivity index (χ2n) is 3.62. The van der Waals surface area contributed by atoms with Crippen molar-refractivity contribution in [2.45, 2.75) is 23.7 Å². The number of hydrogen-bond donors (Lipinski definition) is 0. The Bertz CT molecular complexity index is 237. The number of alkyl halides is 3. The van der Waals surface area contributed by atoms with E-state index >= 15 is 0 Å². The first-order chi connectivity index (χ1) is 6.45. The SMILES string of the molecule is c1ccc(CI2CCCCC2)cc1. The predicted octanol–water partition coefficient (Wildman–Crippen LogP) is 3.88. The van der Waals surface area contributed by atoms with Crippen molar-refractivity contribution >= 4 is 19.8 Å². The third kappa shape index (κ3) is 2.97. The molecule has 1 aliphatic heterocycles. The van der Waals surface area contributed by atoms with E-state index in [-0.39, 0.29) is 0 Å². The van der Waals surface area contributed by atoms with Gasteiger partial charge in [0.05, 0.1) is 0 Å². The average Bonchev–Trinajstić information content (AvgIpc) is 2.21. The number of hydrogen-bond acceptors (Lipinski definition) is 0. The molecule has 1 aromatic rings. The van der Waals surface area contributed by atoms with Gasteiger partial charge >= 0.3 is 88.3 Å². The van der Waals surface area contributed by atoms with Crippen LogP contribution in [0.25, 0.3) is 0 Å². The van der Waals surface area contributed by atoms with Gasteiger partial charge in [-0.05, 0) is 0 Å². The minimum absolute atomic E-state index is 0.522. The van der Waals surface area contributed by atoms with E-state index in [0.717, 1.165) is 0 Å². The number of halogens is 1. The fourth-order valence-electron chi connectivity index (χ4n) is 1.76. The topological polar surface area (TPSA) is 0 Å². The minimum atomic E-state index is -0.522. The van der Waals surface area contributed by atoms with Gasteiger partial charge in [0.1, 0.15) is 0 Å². The molecule has 13 heavy (non-hydrogen) atoms. The second-order valence-corrected chi connectivity index (χ2v) is 9.78. The summed E-state index contributed by atoms with van der Waals surface area (Å²) in [5, 5.41) is 0. The summed E-state index contributed by atoms with van der Waals surface area (Å²) in [6, 6.07) is 11.1. The molecule has 2 rings (SSSR count). The van der Waals surface area contributed by atoms with E-state index in [4.69, 9.17) is 0 Å². The van der Waals surface area contributed by atoms with Crippen molar-refractivity contribution in [1.29, 1.82) is 0 Å². The van der Waals surface area contributed by atoms with Crippen molar-refractivity contribution in [2.24, 2.45) is 0 Å². The van der Waals surface area contributed by atoms with Crippen LogP contribution in [0.1, 0.15) is 24.8 Å². The summed E-state index contributed by atoms with van der Waals surface area (Å²) in [6.45, 7) is 0. The summed E-state index contributed by atoms with van der Waals surface area (Å²) in [5.41, 5.74) is 1.59. The summed E-state index contributed by atoms with van der Waals surface area (Å²) in [6.07, 6.45) is 4.55.